The predicted octanol–water partition coefficient (Wildman–Crippen LogP) is 5.23. The summed E-state index contributed by atoms with van der Waals surface area (Å²) in [6.45, 7) is 9.43. The molecule has 5 rings (SSSR count). The molecule has 1 fully saturated rings. The van der Waals surface area contributed by atoms with Gasteiger partial charge in [-0.05, 0) is 49.9 Å². The second kappa shape index (κ2) is 12.3. The number of aromatic nitrogens is 2. The number of amides is 2. The van der Waals surface area contributed by atoms with E-state index in [9.17, 15) is 9.59 Å². The third-order valence-electron chi connectivity index (χ3n) is 7.19. The number of methoxy groups -OCH3 is 1. The molecule has 214 valence electrons. The van der Waals surface area contributed by atoms with Crippen molar-refractivity contribution in [2.45, 2.75) is 25.9 Å². The Bertz CT molecular complexity index is 1440. The number of ether oxygens (including phenoxy) is 2. The van der Waals surface area contributed by atoms with E-state index in [1.165, 1.54) is 11.0 Å². The summed E-state index contributed by atoms with van der Waals surface area (Å²) in [4.78, 5) is 40.5. The average Bonchev–Trinajstić information content (AvgIpc) is 2.98. The number of carbonyl (C=O) groups is 2. The molecule has 0 radical (unpaired) electrons. The Morgan fingerprint density at radius 2 is 1.98 bits per heavy atom. The maximum atomic E-state index is 13.3. The van der Waals surface area contributed by atoms with Crippen LogP contribution < -0.4 is 25.2 Å². The van der Waals surface area contributed by atoms with Crippen molar-refractivity contribution in [1.82, 2.24) is 14.9 Å². The van der Waals surface area contributed by atoms with Crippen molar-refractivity contribution in [2.24, 2.45) is 0 Å². The zero-order chi connectivity index (χ0) is 28.9. The summed E-state index contributed by atoms with van der Waals surface area (Å²) in [5.74, 6) is 1.03. The Kier molecular flexibility index (Phi) is 8.34. The Labute approximate surface area is 239 Å². The average molecular weight is 558 g/mol. The summed E-state index contributed by atoms with van der Waals surface area (Å²) in [5, 5.41) is 5.99. The molecule has 1 unspecified atom stereocenters. The van der Waals surface area contributed by atoms with Gasteiger partial charge in [0.15, 0.2) is 5.82 Å². The lowest BCUT2D eigenvalue weighted by molar-refractivity contribution is -0.111. The van der Waals surface area contributed by atoms with Crippen LogP contribution in [0.5, 0.6) is 5.75 Å². The van der Waals surface area contributed by atoms with Crippen molar-refractivity contribution in [3.63, 3.8) is 0 Å². The van der Waals surface area contributed by atoms with E-state index in [-0.39, 0.29) is 5.91 Å². The minimum Gasteiger partial charge on any atom is -0.494 e. The van der Waals surface area contributed by atoms with E-state index in [0.717, 1.165) is 38.3 Å². The number of piperazine rings is 1. The molecule has 11 nitrogen and oxygen atoms in total. The number of nitrogens with zero attached hydrogens (tertiary/aromatic N) is 5. The zero-order valence-electron chi connectivity index (χ0n) is 23.6. The lowest BCUT2D eigenvalue weighted by Gasteiger charge is -2.34. The Hall–Kier alpha value is -4.64. The highest BCUT2D eigenvalue weighted by atomic mass is 16.6. The van der Waals surface area contributed by atoms with Crippen LogP contribution >= 0.6 is 0 Å². The Morgan fingerprint density at radius 1 is 1.17 bits per heavy atom. The third-order valence-corrected chi connectivity index (χ3v) is 7.19. The van der Waals surface area contributed by atoms with Gasteiger partial charge in [0.05, 0.1) is 24.0 Å². The molecule has 1 aromatic heterocycles. The second-order valence-corrected chi connectivity index (χ2v) is 10.0. The van der Waals surface area contributed by atoms with Crippen molar-refractivity contribution < 1.29 is 19.1 Å². The molecule has 0 bridgehead atoms. The van der Waals surface area contributed by atoms with Gasteiger partial charge >= 0.3 is 6.09 Å². The Morgan fingerprint density at radius 3 is 2.71 bits per heavy atom. The minimum absolute atomic E-state index is 0.306. The summed E-state index contributed by atoms with van der Waals surface area (Å²) >= 11 is 0. The molecule has 41 heavy (non-hydrogen) atoms. The summed E-state index contributed by atoms with van der Waals surface area (Å²) < 4.78 is 11.5. The van der Waals surface area contributed by atoms with Gasteiger partial charge in [0.1, 0.15) is 11.9 Å². The lowest BCUT2D eigenvalue weighted by Crippen LogP contribution is -2.44. The number of nitrogens with one attached hydrogen (secondary N) is 2. The van der Waals surface area contributed by atoms with E-state index >= 15 is 0 Å². The van der Waals surface area contributed by atoms with Crippen LogP contribution in [0.4, 0.5) is 39.3 Å². The van der Waals surface area contributed by atoms with E-state index in [0.29, 0.717) is 46.6 Å². The minimum atomic E-state index is -0.554. The molecule has 2 N–H and O–H groups in total. The van der Waals surface area contributed by atoms with Gasteiger partial charge in [0, 0.05) is 49.8 Å². The molecule has 2 amide bonds. The van der Waals surface area contributed by atoms with Gasteiger partial charge in [-0.1, -0.05) is 26.0 Å². The summed E-state index contributed by atoms with van der Waals surface area (Å²) in [6, 6.07) is 12.9. The van der Waals surface area contributed by atoms with Crippen LogP contribution in [0.3, 0.4) is 0 Å². The third kappa shape index (κ3) is 6.09. The molecule has 0 spiro atoms. The Balaban J connectivity index is 1.47. The van der Waals surface area contributed by atoms with E-state index in [1.807, 2.05) is 19.1 Å². The van der Waals surface area contributed by atoms with Crippen molar-refractivity contribution >= 4 is 46.5 Å². The van der Waals surface area contributed by atoms with Crippen LogP contribution in [0, 0.1) is 0 Å². The van der Waals surface area contributed by atoms with Gasteiger partial charge in [-0.15, -0.1) is 0 Å². The maximum Gasteiger partial charge on any atom is 0.420 e. The van der Waals surface area contributed by atoms with Crippen LogP contribution in [0.1, 0.15) is 31.4 Å². The molecule has 1 atom stereocenters. The van der Waals surface area contributed by atoms with Crippen molar-refractivity contribution in [3.05, 3.63) is 66.9 Å². The fraction of sp³-hybridized carbons (Fsp3) is 0.333. The number of hydrogen-bond donors (Lipinski definition) is 2. The topological polar surface area (TPSA) is 112 Å². The molecule has 0 aliphatic carbocycles. The summed E-state index contributed by atoms with van der Waals surface area (Å²) in [7, 11) is 3.76. The SMILES string of the molecule is C=CC(=O)Nc1cccc(N2C(=O)OC(CCC)c3cnc(Nc4ccc(N5CCN(C)CC5)cc4OC)nc32)c1. The van der Waals surface area contributed by atoms with Crippen LogP contribution in [-0.4, -0.2) is 67.2 Å². The first kappa shape index (κ1) is 27.9. The number of rotatable bonds is 9. The van der Waals surface area contributed by atoms with Crippen molar-refractivity contribution in [3.8, 4) is 5.75 Å². The number of fused-ring (bicyclic) bond motifs is 1. The van der Waals surface area contributed by atoms with Gasteiger partial charge in [-0.3, -0.25) is 4.79 Å². The predicted molar refractivity (Wildman–Crippen MR) is 160 cm³/mol. The highest BCUT2D eigenvalue weighted by molar-refractivity contribution is 6.01. The largest absolute Gasteiger partial charge is 0.494 e. The summed E-state index contributed by atoms with van der Waals surface area (Å²) in [6.07, 6.45) is 3.32. The molecule has 11 heteroatoms. The molecule has 0 saturated carbocycles. The van der Waals surface area contributed by atoms with Gasteiger partial charge in [-0.2, -0.15) is 4.98 Å². The normalized spacial score (nSPS) is 17.0. The van der Waals surface area contributed by atoms with Crippen LogP contribution in [0.2, 0.25) is 0 Å². The van der Waals surface area contributed by atoms with E-state index in [2.05, 4.69) is 45.1 Å². The number of cyclic esters (lactones) is 1. The highest BCUT2D eigenvalue weighted by Crippen LogP contribution is 2.41. The number of carbonyl (C=O) groups excluding carboxylic acids is 2. The molecular formula is C30H35N7O4. The molecule has 3 heterocycles. The molecule has 2 aliphatic heterocycles. The molecule has 2 aromatic carbocycles. The maximum absolute atomic E-state index is 13.3. The first-order valence-corrected chi connectivity index (χ1v) is 13.7. The first-order chi connectivity index (χ1) is 19.9. The van der Waals surface area contributed by atoms with E-state index < -0.39 is 12.2 Å². The second-order valence-electron chi connectivity index (χ2n) is 10.0. The highest BCUT2D eigenvalue weighted by Gasteiger charge is 2.35. The number of benzene rings is 2. The van der Waals surface area contributed by atoms with Crippen molar-refractivity contribution in [1.29, 1.82) is 0 Å². The van der Waals surface area contributed by atoms with Crippen molar-refractivity contribution in [2.75, 3.05) is 60.8 Å². The van der Waals surface area contributed by atoms with E-state index in [4.69, 9.17) is 14.5 Å². The quantitative estimate of drug-likeness (QED) is 0.341. The summed E-state index contributed by atoms with van der Waals surface area (Å²) in [5.41, 5.74) is 3.50. The van der Waals surface area contributed by atoms with Gasteiger partial charge in [0.2, 0.25) is 11.9 Å². The number of hydrogen-bond acceptors (Lipinski definition) is 9. The van der Waals surface area contributed by atoms with Crippen LogP contribution in [0.25, 0.3) is 0 Å². The van der Waals surface area contributed by atoms with Gasteiger partial charge in [0.25, 0.3) is 0 Å². The monoisotopic (exact) mass is 557 g/mol. The molecular weight excluding hydrogens is 522 g/mol. The lowest BCUT2D eigenvalue weighted by atomic mass is 10.1. The fourth-order valence-electron chi connectivity index (χ4n) is 4.96. The standard InChI is InChI=1S/C30H35N7O4/c1-5-8-25-23-19-31-29(33-24-12-11-21(18-26(24)40-4)36-15-13-35(3)14-16-36)34-28(23)37(30(39)41-25)22-10-7-9-20(17-22)32-27(38)6-2/h6-7,9-12,17-19,25H,2,5,8,13-16H2,1,3-4H3,(H,32,38)(H,31,33,34). The van der Waals surface area contributed by atoms with Crippen LogP contribution in [0.15, 0.2) is 61.3 Å². The molecule has 2 aliphatic rings. The first-order valence-electron chi connectivity index (χ1n) is 13.7. The molecule has 1 saturated heterocycles. The smallest absolute Gasteiger partial charge is 0.420 e. The number of anilines is 6. The van der Waals surface area contributed by atoms with Gasteiger partial charge in [-0.25, -0.2) is 14.7 Å². The zero-order valence-corrected chi connectivity index (χ0v) is 23.6. The van der Waals surface area contributed by atoms with E-state index in [1.54, 1.807) is 37.6 Å². The number of likely N-dealkylation sites (N-methyl/N-ethyl adjacent to an activating group) is 1. The van der Waals surface area contributed by atoms with Gasteiger partial charge < -0.3 is 29.9 Å². The van der Waals surface area contributed by atoms with Crippen LogP contribution in [-0.2, 0) is 9.53 Å². The fourth-order valence-corrected chi connectivity index (χ4v) is 4.96. The molecule has 3 aromatic rings.